The molecule has 0 amide bonds. The minimum atomic E-state index is -4.30. The lowest BCUT2D eigenvalue weighted by molar-refractivity contribution is -0.137. The molecule has 2 aromatic rings. The van der Waals surface area contributed by atoms with Crippen molar-refractivity contribution in [1.82, 2.24) is 0 Å². The SMILES string of the molecule is CC(C)S(=O)(=O)Cc1ccc(CCCc2ccc(C(F)(F)F)cc2)cc1. The fourth-order valence-corrected chi connectivity index (χ4v) is 3.55. The zero-order valence-electron chi connectivity index (χ0n) is 14.9. The van der Waals surface area contributed by atoms with Crippen molar-refractivity contribution in [1.29, 1.82) is 0 Å². The third kappa shape index (κ3) is 5.87. The molecular formula is C20H23F3O2S. The van der Waals surface area contributed by atoms with Crippen LogP contribution >= 0.6 is 0 Å². The van der Waals surface area contributed by atoms with Gasteiger partial charge in [0.2, 0.25) is 0 Å². The highest BCUT2D eigenvalue weighted by Crippen LogP contribution is 2.29. The van der Waals surface area contributed by atoms with Crippen molar-refractivity contribution in [2.24, 2.45) is 0 Å². The van der Waals surface area contributed by atoms with E-state index in [1.54, 1.807) is 13.8 Å². The van der Waals surface area contributed by atoms with Crippen LogP contribution in [0.2, 0.25) is 0 Å². The number of hydrogen-bond donors (Lipinski definition) is 0. The van der Waals surface area contributed by atoms with Crippen molar-refractivity contribution < 1.29 is 21.6 Å². The molecule has 0 aliphatic carbocycles. The molecule has 0 spiro atoms. The lowest BCUT2D eigenvalue weighted by Crippen LogP contribution is -2.15. The van der Waals surface area contributed by atoms with Crippen LogP contribution in [0.25, 0.3) is 0 Å². The Morgan fingerprint density at radius 1 is 0.808 bits per heavy atom. The van der Waals surface area contributed by atoms with Crippen molar-refractivity contribution in [2.75, 3.05) is 0 Å². The maximum Gasteiger partial charge on any atom is 0.416 e. The summed E-state index contributed by atoms with van der Waals surface area (Å²) in [6, 6.07) is 12.7. The quantitative estimate of drug-likeness (QED) is 0.657. The average Bonchev–Trinajstić information content (AvgIpc) is 2.56. The summed E-state index contributed by atoms with van der Waals surface area (Å²) in [6.07, 6.45) is -2.00. The Balaban J connectivity index is 1.87. The predicted molar refractivity (Wildman–Crippen MR) is 97.7 cm³/mol. The van der Waals surface area contributed by atoms with E-state index in [9.17, 15) is 21.6 Å². The first kappa shape index (κ1) is 20.5. The van der Waals surface area contributed by atoms with Crippen LogP contribution in [-0.4, -0.2) is 13.7 Å². The second kappa shape index (κ2) is 8.25. The third-order valence-electron chi connectivity index (χ3n) is 4.32. The molecular weight excluding hydrogens is 361 g/mol. The zero-order chi connectivity index (χ0) is 19.4. The van der Waals surface area contributed by atoms with E-state index in [4.69, 9.17) is 0 Å². The molecule has 0 fully saturated rings. The molecule has 0 bridgehead atoms. The third-order valence-corrected chi connectivity index (χ3v) is 6.49. The van der Waals surface area contributed by atoms with Crippen LogP contribution in [0.5, 0.6) is 0 Å². The molecule has 0 saturated heterocycles. The summed E-state index contributed by atoms with van der Waals surface area (Å²) in [7, 11) is -3.11. The Kier molecular flexibility index (Phi) is 6.50. The number of halogens is 3. The molecule has 0 N–H and O–H groups in total. The molecule has 0 radical (unpaired) electrons. The van der Waals surface area contributed by atoms with Crippen molar-refractivity contribution >= 4 is 9.84 Å². The molecule has 0 unspecified atom stereocenters. The zero-order valence-corrected chi connectivity index (χ0v) is 15.7. The molecule has 2 rings (SSSR count). The summed E-state index contributed by atoms with van der Waals surface area (Å²) in [5.41, 5.74) is 2.10. The molecule has 2 nitrogen and oxygen atoms in total. The van der Waals surface area contributed by atoms with Crippen LogP contribution in [0.15, 0.2) is 48.5 Å². The Morgan fingerprint density at radius 3 is 1.65 bits per heavy atom. The van der Waals surface area contributed by atoms with Gasteiger partial charge in [0.1, 0.15) is 0 Å². The van der Waals surface area contributed by atoms with Crippen molar-refractivity contribution in [3.05, 3.63) is 70.8 Å². The molecule has 0 aromatic heterocycles. The minimum Gasteiger partial charge on any atom is -0.228 e. The van der Waals surface area contributed by atoms with Gasteiger partial charge in [0.15, 0.2) is 9.84 Å². The van der Waals surface area contributed by atoms with Gasteiger partial charge in [-0.05, 0) is 61.9 Å². The molecule has 0 saturated carbocycles. The first-order valence-corrected chi connectivity index (χ1v) is 10.2. The number of aryl methyl sites for hydroxylation is 2. The second-order valence-electron chi connectivity index (χ2n) is 6.72. The van der Waals surface area contributed by atoms with Crippen LogP contribution in [0.3, 0.4) is 0 Å². The number of hydrogen-bond acceptors (Lipinski definition) is 2. The standard InChI is InChI=1S/C20H23F3O2S/c1-15(2)26(24,25)14-18-8-6-16(7-9-18)4-3-5-17-10-12-19(13-11-17)20(21,22)23/h6-13,15H,3-5,14H2,1-2H3. The van der Waals surface area contributed by atoms with Gasteiger partial charge in [0, 0.05) is 0 Å². The highest BCUT2D eigenvalue weighted by molar-refractivity contribution is 7.91. The van der Waals surface area contributed by atoms with Crippen LogP contribution in [0, 0.1) is 0 Å². The molecule has 0 aliphatic heterocycles. The van der Waals surface area contributed by atoms with E-state index in [0.29, 0.717) is 6.42 Å². The summed E-state index contributed by atoms with van der Waals surface area (Å²) in [6.45, 7) is 3.34. The van der Waals surface area contributed by atoms with E-state index in [2.05, 4.69) is 0 Å². The lowest BCUT2D eigenvalue weighted by Gasteiger charge is -2.09. The summed E-state index contributed by atoms with van der Waals surface area (Å²) < 4.78 is 61.5. The average molecular weight is 384 g/mol. The van der Waals surface area contributed by atoms with Crippen LogP contribution in [-0.2, 0) is 34.6 Å². The van der Waals surface area contributed by atoms with E-state index >= 15 is 0 Å². The summed E-state index contributed by atoms with van der Waals surface area (Å²) >= 11 is 0. The number of sulfone groups is 1. The monoisotopic (exact) mass is 384 g/mol. The smallest absolute Gasteiger partial charge is 0.228 e. The number of rotatable bonds is 7. The van der Waals surface area contributed by atoms with Crippen LogP contribution in [0.4, 0.5) is 13.2 Å². The minimum absolute atomic E-state index is 0.0382. The second-order valence-corrected chi connectivity index (χ2v) is 9.28. The first-order chi connectivity index (χ1) is 12.1. The molecule has 26 heavy (non-hydrogen) atoms. The van der Waals surface area contributed by atoms with Crippen LogP contribution in [0.1, 0.15) is 42.5 Å². The van der Waals surface area contributed by atoms with Gasteiger partial charge in [-0.3, -0.25) is 0 Å². The van der Waals surface area contributed by atoms with Gasteiger partial charge in [-0.1, -0.05) is 36.4 Å². The Bertz CT molecular complexity index is 806. The van der Waals surface area contributed by atoms with E-state index in [-0.39, 0.29) is 5.75 Å². The molecule has 142 valence electrons. The topological polar surface area (TPSA) is 34.1 Å². The van der Waals surface area contributed by atoms with E-state index in [0.717, 1.165) is 41.7 Å². The van der Waals surface area contributed by atoms with Gasteiger partial charge in [0.05, 0.1) is 16.6 Å². The Morgan fingerprint density at radius 2 is 1.23 bits per heavy atom. The van der Waals surface area contributed by atoms with Gasteiger partial charge >= 0.3 is 6.18 Å². The molecule has 0 atom stereocenters. The number of benzene rings is 2. The van der Waals surface area contributed by atoms with Gasteiger partial charge in [-0.15, -0.1) is 0 Å². The van der Waals surface area contributed by atoms with E-state index < -0.39 is 26.8 Å². The van der Waals surface area contributed by atoms with Crippen LogP contribution < -0.4 is 0 Å². The largest absolute Gasteiger partial charge is 0.416 e. The predicted octanol–water partition coefficient (Wildman–Crippen LogP) is 5.20. The van der Waals surface area contributed by atoms with Gasteiger partial charge in [-0.2, -0.15) is 13.2 Å². The Labute approximate surface area is 153 Å². The molecule has 6 heteroatoms. The fourth-order valence-electron chi connectivity index (χ4n) is 2.56. The fraction of sp³-hybridized carbons (Fsp3) is 0.400. The molecule has 0 aliphatic rings. The first-order valence-electron chi connectivity index (χ1n) is 8.53. The van der Waals surface area contributed by atoms with Crippen molar-refractivity contribution in [3.8, 4) is 0 Å². The van der Waals surface area contributed by atoms with Crippen molar-refractivity contribution in [2.45, 2.75) is 50.3 Å². The van der Waals surface area contributed by atoms with Crippen molar-refractivity contribution in [3.63, 3.8) is 0 Å². The molecule has 2 aromatic carbocycles. The maximum atomic E-state index is 12.5. The molecule has 0 heterocycles. The summed E-state index contributed by atoms with van der Waals surface area (Å²) in [4.78, 5) is 0. The summed E-state index contributed by atoms with van der Waals surface area (Å²) in [5, 5.41) is -0.397. The number of alkyl halides is 3. The van der Waals surface area contributed by atoms with Gasteiger partial charge < -0.3 is 0 Å². The normalized spacial score (nSPS) is 12.5. The summed E-state index contributed by atoms with van der Waals surface area (Å²) in [5.74, 6) is 0.0382. The highest BCUT2D eigenvalue weighted by atomic mass is 32.2. The highest BCUT2D eigenvalue weighted by Gasteiger charge is 2.29. The maximum absolute atomic E-state index is 12.5. The Hall–Kier alpha value is -1.82. The van der Waals surface area contributed by atoms with Gasteiger partial charge in [-0.25, -0.2) is 8.42 Å². The van der Waals surface area contributed by atoms with E-state index in [1.165, 1.54) is 12.1 Å². The van der Waals surface area contributed by atoms with Gasteiger partial charge in [0.25, 0.3) is 0 Å². The van der Waals surface area contributed by atoms with E-state index in [1.807, 2.05) is 24.3 Å². The lowest BCUT2D eigenvalue weighted by atomic mass is 10.0.